The number of carbonyl (C=O) groups is 1. The van der Waals surface area contributed by atoms with Gasteiger partial charge in [0, 0.05) is 49.0 Å². The van der Waals surface area contributed by atoms with E-state index < -0.39 is 5.91 Å². The molecular formula is C19H21N5O3. The molecule has 1 atom stereocenters. The monoisotopic (exact) mass is 367 g/mol. The number of aliphatic hydroxyl groups excluding tert-OH is 1. The van der Waals surface area contributed by atoms with Crippen molar-refractivity contribution in [2.75, 3.05) is 31.7 Å². The molecule has 8 nitrogen and oxygen atoms in total. The van der Waals surface area contributed by atoms with Crippen molar-refractivity contribution >= 4 is 22.6 Å². The van der Waals surface area contributed by atoms with Gasteiger partial charge in [0.15, 0.2) is 0 Å². The predicted molar refractivity (Wildman–Crippen MR) is 102 cm³/mol. The number of aromatic nitrogens is 3. The van der Waals surface area contributed by atoms with E-state index in [1.54, 1.807) is 25.7 Å². The maximum Gasteiger partial charge on any atom is 0.253 e. The molecule has 1 amide bonds. The number of carbonyl (C=O) groups excluding carboxylic acids is 1. The number of pyridine rings is 1. The number of H-pyrrole nitrogens is 1. The smallest absolute Gasteiger partial charge is 0.253 e. The number of fused-ring (bicyclic) bond motifs is 1. The maximum absolute atomic E-state index is 12.2. The van der Waals surface area contributed by atoms with E-state index in [4.69, 9.17) is 10.5 Å². The minimum atomic E-state index is -0.508. The van der Waals surface area contributed by atoms with Crippen LogP contribution in [0.25, 0.3) is 22.2 Å². The standard InChI is InChI=1S/C19H21N5O3/c1-27-15-3-2-12(7-21-15)13-6-14(24-5-4-11(8-24)9-25)16(19(20)26)18-17(13)22-10-23-18/h2-3,6-7,10-11,25H,4-5,8-9H2,1H3,(H2,20,26)(H,22,23)/t11-/m0/s1. The molecule has 140 valence electrons. The molecule has 27 heavy (non-hydrogen) atoms. The van der Waals surface area contributed by atoms with Gasteiger partial charge in [-0.2, -0.15) is 0 Å². The van der Waals surface area contributed by atoms with Crippen LogP contribution in [0.3, 0.4) is 0 Å². The van der Waals surface area contributed by atoms with Crippen molar-refractivity contribution in [3.05, 3.63) is 36.3 Å². The van der Waals surface area contributed by atoms with Crippen LogP contribution in [-0.4, -0.2) is 52.8 Å². The Bertz CT molecular complexity index is 983. The second-order valence-corrected chi connectivity index (χ2v) is 6.68. The fourth-order valence-corrected chi connectivity index (χ4v) is 3.67. The Hall–Kier alpha value is -3.13. The fourth-order valence-electron chi connectivity index (χ4n) is 3.67. The Labute approximate surface area is 156 Å². The van der Waals surface area contributed by atoms with Crippen LogP contribution in [0, 0.1) is 5.92 Å². The summed E-state index contributed by atoms with van der Waals surface area (Å²) in [5.41, 5.74) is 9.88. The summed E-state index contributed by atoms with van der Waals surface area (Å²) >= 11 is 0. The van der Waals surface area contributed by atoms with E-state index in [9.17, 15) is 9.90 Å². The first-order chi connectivity index (χ1) is 13.1. The third kappa shape index (κ3) is 2.97. The van der Waals surface area contributed by atoms with Gasteiger partial charge in [-0.1, -0.05) is 0 Å². The summed E-state index contributed by atoms with van der Waals surface area (Å²) in [5.74, 6) is 0.205. The van der Waals surface area contributed by atoms with Crippen molar-refractivity contribution in [1.29, 1.82) is 0 Å². The zero-order chi connectivity index (χ0) is 19.0. The second kappa shape index (κ2) is 6.88. The van der Waals surface area contributed by atoms with E-state index in [0.717, 1.165) is 29.8 Å². The van der Waals surface area contributed by atoms with Gasteiger partial charge in [-0.05, 0) is 18.6 Å². The van der Waals surface area contributed by atoms with E-state index in [2.05, 4.69) is 19.9 Å². The summed E-state index contributed by atoms with van der Waals surface area (Å²) in [7, 11) is 1.57. The molecule has 0 aliphatic carbocycles. The van der Waals surface area contributed by atoms with E-state index in [1.807, 2.05) is 12.1 Å². The summed E-state index contributed by atoms with van der Waals surface area (Å²) < 4.78 is 5.13. The zero-order valence-electron chi connectivity index (χ0n) is 15.0. The van der Waals surface area contributed by atoms with E-state index in [1.165, 1.54) is 0 Å². The largest absolute Gasteiger partial charge is 0.481 e. The number of hydrogen-bond donors (Lipinski definition) is 3. The second-order valence-electron chi connectivity index (χ2n) is 6.68. The molecule has 1 aromatic carbocycles. The highest BCUT2D eigenvalue weighted by Crippen LogP contribution is 2.37. The molecule has 1 aliphatic heterocycles. The van der Waals surface area contributed by atoms with Gasteiger partial charge in [-0.3, -0.25) is 4.79 Å². The summed E-state index contributed by atoms with van der Waals surface area (Å²) in [6.07, 6.45) is 4.15. The SMILES string of the molecule is COc1ccc(-c2cc(N3CC[C@H](CO)C3)c(C(N)=O)c3[nH]cnc23)cn1. The van der Waals surface area contributed by atoms with Crippen molar-refractivity contribution in [3.8, 4) is 17.0 Å². The number of methoxy groups -OCH3 is 1. The number of rotatable bonds is 5. The van der Waals surface area contributed by atoms with Crippen LogP contribution in [-0.2, 0) is 0 Å². The quantitative estimate of drug-likeness (QED) is 0.630. The lowest BCUT2D eigenvalue weighted by molar-refractivity contribution is 0.100. The molecule has 1 fully saturated rings. The molecular weight excluding hydrogens is 346 g/mol. The lowest BCUT2D eigenvalue weighted by atomic mass is 9.99. The summed E-state index contributed by atoms with van der Waals surface area (Å²) in [6.45, 7) is 1.56. The topological polar surface area (TPSA) is 117 Å². The van der Waals surface area contributed by atoms with Gasteiger partial charge < -0.3 is 25.5 Å². The normalized spacial score (nSPS) is 16.8. The summed E-state index contributed by atoms with van der Waals surface area (Å²) in [4.78, 5) is 26.1. The number of aliphatic hydroxyl groups is 1. The van der Waals surface area contributed by atoms with Crippen LogP contribution in [0.4, 0.5) is 5.69 Å². The number of imidazole rings is 1. The lowest BCUT2D eigenvalue weighted by Gasteiger charge is -2.22. The van der Waals surface area contributed by atoms with Crippen molar-refractivity contribution in [3.63, 3.8) is 0 Å². The van der Waals surface area contributed by atoms with Crippen molar-refractivity contribution in [1.82, 2.24) is 15.0 Å². The lowest BCUT2D eigenvalue weighted by Crippen LogP contribution is -2.25. The molecule has 4 rings (SSSR count). The Morgan fingerprint density at radius 3 is 2.93 bits per heavy atom. The van der Waals surface area contributed by atoms with Crippen LogP contribution in [0.2, 0.25) is 0 Å². The Kier molecular flexibility index (Phi) is 4.41. The molecule has 8 heteroatoms. The highest BCUT2D eigenvalue weighted by Gasteiger charge is 2.28. The number of hydrogen-bond acceptors (Lipinski definition) is 6. The number of nitrogens with one attached hydrogen (secondary N) is 1. The number of amides is 1. The molecule has 0 unspecified atom stereocenters. The van der Waals surface area contributed by atoms with E-state index >= 15 is 0 Å². The number of benzene rings is 1. The first-order valence-corrected chi connectivity index (χ1v) is 8.78. The molecule has 0 radical (unpaired) electrons. The van der Waals surface area contributed by atoms with Crippen LogP contribution in [0.5, 0.6) is 5.88 Å². The van der Waals surface area contributed by atoms with Gasteiger partial charge in [0.2, 0.25) is 5.88 Å². The minimum Gasteiger partial charge on any atom is -0.481 e. The number of ether oxygens (including phenoxy) is 1. The van der Waals surface area contributed by atoms with Crippen molar-refractivity contribution in [2.45, 2.75) is 6.42 Å². The number of aromatic amines is 1. The van der Waals surface area contributed by atoms with Crippen molar-refractivity contribution < 1.29 is 14.6 Å². The van der Waals surface area contributed by atoms with Crippen LogP contribution in [0.1, 0.15) is 16.8 Å². The van der Waals surface area contributed by atoms with Gasteiger partial charge in [0.05, 0.1) is 35.7 Å². The predicted octanol–water partition coefficient (Wildman–Crippen LogP) is 1.55. The maximum atomic E-state index is 12.2. The van der Waals surface area contributed by atoms with Gasteiger partial charge in [0.1, 0.15) is 0 Å². The van der Waals surface area contributed by atoms with Crippen LogP contribution < -0.4 is 15.4 Å². The van der Waals surface area contributed by atoms with Gasteiger partial charge in [0.25, 0.3) is 5.91 Å². The highest BCUT2D eigenvalue weighted by atomic mass is 16.5. The number of primary amides is 1. The highest BCUT2D eigenvalue weighted by molar-refractivity contribution is 6.12. The average molecular weight is 367 g/mol. The molecule has 1 aliphatic rings. The Balaban J connectivity index is 1.90. The Morgan fingerprint density at radius 2 is 2.30 bits per heavy atom. The molecule has 2 aromatic heterocycles. The third-order valence-corrected chi connectivity index (χ3v) is 5.07. The van der Waals surface area contributed by atoms with Gasteiger partial charge >= 0.3 is 0 Å². The van der Waals surface area contributed by atoms with E-state index in [0.29, 0.717) is 29.0 Å². The molecule has 3 aromatic rings. The van der Waals surface area contributed by atoms with Crippen molar-refractivity contribution in [2.24, 2.45) is 11.7 Å². The summed E-state index contributed by atoms with van der Waals surface area (Å²) in [6, 6.07) is 5.63. The average Bonchev–Trinajstić information content (AvgIpc) is 3.36. The van der Waals surface area contributed by atoms with E-state index in [-0.39, 0.29) is 12.5 Å². The first kappa shape index (κ1) is 17.3. The molecule has 0 bridgehead atoms. The number of nitrogens with two attached hydrogens (primary N) is 1. The molecule has 3 heterocycles. The molecule has 4 N–H and O–H groups in total. The fraction of sp³-hybridized carbons (Fsp3) is 0.316. The van der Waals surface area contributed by atoms with Gasteiger partial charge in [-0.15, -0.1) is 0 Å². The number of anilines is 1. The third-order valence-electron chi connectivity index (χ3n) is 5.07. The molecule has 1 saturated heterocycles. The van der Waals surface area contributed by atoms with Crippen LogP contribution >= 0.6 is 0 Å². The summed E-state index contributed by atoms with van der Waals surface area (Å²) in [5, 5.41) is 9.48. The Morgan fingerprint density at radius 1 is 1.44 bits per heavy atom. The minimum absolute atomic E-state index is 0.129. The van der Waals surface area contributed by atoms with Crippen LogP contribution in [0.15, 0.2) is 30.7 Å². The van der Waals surface area contributed by atoms with Gasteiger partial charge in [-0.25, -0.2) is 9.97 Å². The molecule has 0 saturated carbocycles. The number of nitrogens with zero attached hydrogens (tertiary/aromatic N) is 3. The molecule has 0 spiro atoms. The zero-order valence-corrected chi connectivity index (χ0v) is 15.0. The first-order valence-electron chi connectivity index (χ1n) is 8.78.